The van der Waals surface area contributed by atoms with Crippen molar-refractivity contribution in [3.63, 3.8) is 0 Å². The number of rotatable bonds is 4. The monoisotopic (exact) mass is 258 g/mol. The molecule has 5 heteroatoms. The Balaban J connectivity index is 2.67. The molecule has 0 saturated heterocycles. The summed E-state index contributed by atoms with van der Waals surface area (Å²) in [4.78, 5) is 10.7. The average molecular weight is 259 g/mol. The van der Waals surface area contributed by atoms with E-state index in [0.29, 0.717) is 0 Å². The second-order valence-corrected chi connectivity index (χ2v) is 3.69. The number of benzene rings is 1. The Morgan fingerprint density at radius 1 is 1.50 bits per heavy atom. The number of hydrogen-bond donors (Lipinski definition) is 3. The third kappa shape index (κ3) is 3.01. The molecule has 0 saturated carbocycles. The molecule has 0 aliphatic heterocycles. The molecule has 76 valence electrons. The SMILES string of the molecule is NCC(Nc1ccc(Br)cc1)C(=O)O. The quantitative estimate of drug-likeness (QED) is 0.761. The average Bonchev–Trinajstić information content (AvgIpc) is 2.16. The normalized spacial score (nSPS) is 12.1. The predicted octanol–water partition coefficient (Wildman–Crippen LogP) is 1.27. The highest BCUT2D eigenvalue weighted by Crippen LogP contribution is 2.14. The Morgan fingerprint density at radius 2 is 2.07 bits per heavy atom. The van der Waals surface area contributed by atoms with Crippen LogP contribution in [-0.2, 0) is 4.79 Å². The first kappa shape index (κ1) is 11.0. The summed E-state index contributed by atoms with van der Waals surface area (Å²) in [5.41, 5.74) is 6.04. The molecule has 0 aromatic heterocycles. The van der Waals surface area contributed by atoms with Gasteiger partial charge in [0.25, 0.3) is 0 Å². The first-order chi connectivity index (χ1) is 6.63. The van der Waals surface area contributed by atoms with Gasteiger partial charge >= 0.3 is 5.97 Å². The van der Waals surface area contributed by atoms with Crippen molar-refractivity contribution in [2.24, 2.45) is 5.73 Å². The summed E-state index contributed by atoms with van der Waals surface area (Å²) < 4.78 is 0.947. The molecule has 1 rings (SSSR count). The molecule has 1 aromatic rings. The maximum atomic E-state index is 10.7. The largest absolute Gasteiger partial charge is 0.480 e. The number of hydrogen-bond acceptors (Lipinski definition) is 3. The molecular formula is C9H11BrN2O2. The van der Waals surface area contributed by atoms with E-state index in [1.807, 2.05) is 12.1 Å². The Labute approximate surface area is 90.2 Å². The van der Waals surface area contributed by atoms with Gasteiger partial charge in [0.05, 0.1) is 0 Å². The number of carboxylic acid groups (broad SMARTS) is 1. The Kier molecular flexibility index (Phi) is 3.91. The highest BCUT2D eigenvalue weighted by molar-refractivity contribution is 9.10. The minimum Gasteiger partial charge on any atom is -0.480 e. The fourth-order valence-corrected chi connectivity index (χ4v) is 1.23. The molecule has 4 nitrogen and oxygen atoms in total. The van der Waals surface area contributed by atoms with Gasteiger partial charge < -0.3 is 16.2 Å². The summed E-state index contributed by atoms with van der Waals surface area (Å²) in [6.07, 6.45) is 0. The Bertz CT molecular complexity index is 313. The summed E-state index contributed by atoms with van der Waals surface area (Å²) >= 11 is 3.29. The second kappa shape index (κ2) is 4.97. The molecule has 0 amide bonds. The van der Waals surface area contributed by atoms with Crippen molar-refractivity contribution < 1.29 is 9.90 Å². The van der Waals surface area contributed by atoms with E-state index in [4.69, 9.17) is 10.8 Å². The lowest BCUT2D eigenvalue weighted by atomic mass is 10.2. The van der Waals surface area contributed by atoms with Crippen molar-refractivity contribution in [2.75, 3.05) is 11.9 Å². The van der Waals surface area contributed by atoms with Gasteiger partial charge in [-0.2, -0.15) is 0 Å². The standard InChI is InChI=1S/C9H11BrN2O2/c10-6-1-3-7(4-2-6)12-8(5-11)9(13)14/h1-4,8,12H,5,11H2,(H,13,14). The van der Waals surface area contributed by atoms with E-state index in [2.05, 4.69) is 21.2 Å². The third-order valence-electron chi connectivity index (χ3n) is 1.72. The molecule has 1 unspecified atom stereocenters. The smallest absolute Gasteiger partial charge is 0.327 e. The van der Waals surface area contributed by atoms with Crippen LogP contribution in [0.3, 0.4) is 0 Å². The van der Waals surface area contributed by atoms with Gasteiger partial charge in [0.1, 0.15) is 6.04 Å². The fraction of sp³-hybridized carbons (Fsp3) is 0.222. The number of carbonyl (C=O) groups is 1. The molecule has 14 heavy (non-hydrogen) atoms. The number of nitrogens with two attached hydrogens (primary N) is 1. The maximum absolute atomic E-state index is 10.7. The summed E-state index contributed by atoms with van der Waals surface area (Å²) in [5, 5.41) is 11.5. The third-order valence-corrected chi connectivity index (χ3v) is 2.25. The van der Waals surface area contributed by atoms with E-state index in [9.17, 15) is 4.79 Å². The van der Waals surface area contributed by atoms with E-state index in [1.165, 1.54) is 0 Å². The Morgan fingerprint density at radius 3 is 2.50 bits per heavy atom. The van der Waals surface area contributed by atoms with Crippen LogP contribution in [0.15, 0.2) is 28.7 Å². The molecule has 0 spiro atoms. The maximum Gasteiger partial charge on any atom is 0.327 e. The number of carboxylic acids is 1. The van der Waals surface area contributed by atoms with Gasteiger partial charge in [0, 0.05) is 16.7 Å². The minimum atomic E-state index is -0.949. The highest BCUT2D eigenvalue weighted by atomic mass is 79.9. The van der Waals surface area contributed by atoms with Crippen LogP contribution in [0.5, 0.6) is 0 Å². The van der Waals surface area contributed by atoms with E-state index >= 15 is 0 Å². The van der Waals surface area contributed by atoms with Gasteiger partial charge in [-0.05, 0) is 24.3 Å². The number of halogens is 1. The molecule has 4 N–H and O–H groups in total. The van der Waals surface area contributed by atoms with Gasteiger partial charge in [-0.3, -0.25) is 0 Å². The van der Waals surface area contributed by atoms with Crippen LogP contribution in [0.4, 0.5) is 5.69 Å². The number of nitrogens with one attached hydrogen (secondary N) is 1. The molecule has 0 aliphatic rings. The van der Waals surface area contributed by atoms with Crippen LogP contribution in [0.2, 0.25) is 0 Å². The van der Waals surface area contributed by atoms with Gasteiger partial charge in [-0.1, -0.05) is 15.9 Å². The van der Waals surface area contributed by atoms with Gasteiger partial charge in [0.2, 0.25) is 0 Å². The molecule has 0 radical (unpaired) electrons. The van der Waals surface area contributed by atoms with Crippen LogP contribution < -0.4 is 11.1 Å². The molecule has 0 aliphatic carbocycles. The molecule has 0 heterocycles. The fourth-order valence-electron chi connectivity index (χ4n) is 0.969. The van der Waals surface area contributed by atoms with Gasteiger partial charge in [-0.15, -0.1) is 0 Å². The van der Waals surface area contributed by atoms with Crippen molar-refractivity contribution in [3.8, 4) is 0 Å². The molecule has 1 aromatic carbocycles. The summed E-state index contributed by atoms with van der Waals surface area (Å²) in [7, 11) is 0. The van der Waals surface area contributed by atoms with Crippen molar-refractivity contribution in [1.29, 1.82) is 0 Å². The first-order valence-electron chi connectivity index (χ1n) is 4.08. The van der Waals surface area contributed by atoms with E-state index in [-0.39, 0.29) is 6.54 Å². The molecule has 0 fully saturated rings. The van der Waals surface area contributed by atoms with Crippen LogP contribution in [-0.4, -0.2) is 23.7 Å². The van der Waals surface area contributed by atoms with Crippen molar-refractivity contribution in [3.05, 3.63) is 28.7 Å². The zero-order valence-electron chi connectivity index (χ0n) is 7.40. The number of anilines is 1. The summed E-state index contributed by atoms with van der Waals surface area (Å²) in [6, 6.07) is 6.50. The van der Waals surface area contributed by atoms with Crippen molar-refractivity contribution >= 4 is 27.6 Å². The lowest BCUT2D eigenvalue weighted by Crippen LogP contribution is -2.36. The zero-order chi connectivity index (χ0) is 10.6. The van der Waals surface area contributed by atoms with E-state index < -0.39 is 12.0 Å². The van der Waals surface area contributed by atoms with Crippen LogP contribution in [0.1, 0.15) is 0 Å². The molecule has 1 atom stereocenters. The highest BCUT2D eigenvalue weighted by Gasteiger charge is 2.14. The predicted molar refractivity (Wildman–Crippen MR) is 58.2 cm³/mol. The van der Waals surface area contributed by atoms with Gasteiger partial charge in [0.15, 0.2) is 0 Å². The van der Waals surface area contributed by atoms with Crippen LogP contribution >= 0.6 is 15.9 Å². The first-order valence-corrected chi connectivity index (χ1v) is 4.87. The molecular weight excluding hydrogens is 248 g/mol. The van der Waals surface area contributed by atoms with Gasteiger partial charge in [-0.25, -0.2) is 4.79 Å². The lowest BCUT2D eigenvalue weighted by molar-refractivity contribution is -0.137. The van der Waals surface area contributed by atoms with E-state index in [1.54, 1.807) is 12.1 Å². The lowest BCUT2D eigenvalue weighted by Gasteiger charge is -2.13. The topological polar surface area (TPSA) is 75.3 Å². The summed E-state index contributed by atoms with van der Waals surface area (Å²) in [5.74, 6) is -0.949. The Hall–Kier alpha value is -1.07. The van der Waals surface area contributed by atoms with Crippen molar-refractivity contribution in [2.45, 2.75) is 6.04 Å². The number of aliphatic carboxylic acids is 1. The van der Waals surface area contributed by atoms with Crippen LogP contribution in [0, 0.1) is 0 Å². The minimum absolute atomic E-state index is 0.0609. The van der Waals surface area contributed by atoms with E-state index in [0.717, 1.165) is 10.2 Å². The second-order valence-electron chi connectivity index (χ2n) is 2.78. The van der Waals surface area contributed by atoms with Crippen molar-refractivity contribution in [1.82, 2.24) is 0 Å². The zero-order valence-corrected chi connectivity index (χ0v) is 8.99. The molecule has 0 bridgehead atoms. The summed E-state index contributed by atoms with van der Waals surface area (Å²) in [6.45, 7) is 0.0609. The van der Waals surface area contributed by atoms with Crippen LogP contribution in [0.25, 0.3) is 0 Å².